The fraction of sp³-hybridized carbons (Fsp3) is 0.133. The van der Waals surface area contributed by atoms with Gasteiger partial charge in [0.25, 0.3) is 5.78 Å². The Hall–Kier alpha value is -2.98. The summed E-state index contributed by atoms with van der Waals surface area (Å²) < 4.78 is 0. The Kier molecular flexibility index (Phi) is 4.43. The van der Waals surface area contributed by atoms with E-state index in [0.717, 1.165) is 16.3 Å². The number of hydrogen-bond acceptors (Lipinski definition) is 3. The highest BCUT2D eigenvalue weighted by Crippen LogP contribution is 2.16. The third-order valence-corrected chi connectivity index (χ3v) is 3.07. The van der Waals surface area contributed by atoms with Gasteiger partial charge in [-0.15, -0.1) is 0 Å². The second-order valence-electron chi connectivity index (χ2n) is 4.52. The molecule has 6 heteroatoms. The number of rotatable bonds is 5. The molecule has 0 aromatic heterocycles. The van der Waals surface area contributed by atoms with E-state index in [4.69, 9.17) is 5.53 Å². The summed E-state index contributed by atoms with van der Waals surface area (Å²) in [6.07, 6.45) is -0.744. The minimum Gasteiger partial charge on any atom is -0.530 e. The van der Waals surface area contributed by atoms with E-state index in [1.165, 1.54) is 0 Å². The summed E-state index contributed by atoms with van der Waals surface area (Å²) in [5.74, 6) is -0.644. The molecule has 1 amide bonds. The predicted octanol–water partition coefficient (Wildman–Crippen LogP) is 0.553. The zero-order chi connectivity index (χ0) is 15.2. The van der Waals surface area contributed by atoms with Gasteiger partial charge in [-0.3, -0.25) is 4.79 Å². The van der Waals surface area contributed by atoms with Gasteiger partial charge >= 0.3 is 6.21 Å². The highest BCUT2D eigenvalue weighted by atomic mass is 16.4. The molecule has 0 radical (unpaired) electrons. The van der Waals surface area contributed by atoms with Crippen LogP contribution in [0.2, 0.25) is 0 Å². The lowest BCUT2D eigenvalue weighted by atomic mass is 10.00. The highest BCUT2D eigenvalue weighted by Gasteiger charge is 2.20. The number of carbonyl (C=O) groups excluding carboxylic acids is 2. The number of nitrogens with zero attached hydrogens (tertiary/aromatic N) is 2. The Balaban J connectivity index is 2.26. The van der Waals surface area contributed by atoms with Crippen LogP contribution in [0.4, 0.5) is 4.79 Å². The first kappa shape index (κ1) is 14.4. The van der Waals surface area contributed by atoms with Crippen LogP contribution < -0.4 is 10.4 Å². The van der Waals surface area contributed by atoms with Crippen molar-refractivity contribution >= 4 is 28.9 Å². The van der Waals surface area contributed by atoms with E-state index in [0.29, 0.717) is 6.21 Å². The molecule has 0 saturated heterocycles. The molecule has 0 aliphatic carbocycles. The van der Waals surface area contributed by atoms with Crippen molar-refractivity contribution < 1.29 is 19.5 Å². The third kappa shape index (κ3) is 3.75. The predicted molar refractivity (Wildman–Crippen MR) is 74.7 cm³/mol. The van der Waals surface area contributed by atoms with Crippen LogP contribution in [0.1, 0.15) is 5.56 Å². The van der Waals surface area contributed by atoms with Crippen LogP contribution in [0.15, 0.2) is 42.5 Å². The number of benzene rings is 2. The van der Waals surface area contributed by atoms with E-state index in [1.54, 1.807) is 0 Å². The lowest BCUT2D eigenvalue weighted by Crippen LogP contribution is -2.48. The second-order valence-corrected chi connectivity index (χ2v) is 4.52. The molecule has 0 aliphatic rings. The molecule has 0 fully saturated rings. The largest absolute Gasteiger partial charge is 0.530 e. The molecule has 2 aromatic carbocycles. The van der Waals surface area contributed by atoms with Crippen LogP contribution in [0.25, 0.3) is 16.3 Å². The minimum absolute atomic E-state index is 0.143. The van der Waals surface area contributed by atoms with Gasteiger partial charge < -0.3 is 20.7 Å². The Morgan fingerprint density at radius 1 is 1.24 bits per heavy atom. The number of carboxylic acid groups (broad SMARTS) is 1. The van der Waals surface area contributed by atoms with E-state index in [1.807, 2.05) is 47.8 Å². The lowest BCUT2D eigenvalue weighted by molar-refractivity contribution is -0.251. The van der Waals surface area contributed by atoms with E-state index >= 15 is 0 Å². The number of carbonyl (C=O) groups is 2. The molecule has 1 N–H and O–H groups in total. The van der Waals surface area contributed by atoms with Gasteiger partial charge in [-0.1, -0.05) is 42.5 Å². The van der Waals surface area contributed by atoms with Gasteiger partial charge in [0.1, 0.15) is 12.1 Å². The zero-order valence-electron chi connectivity index (χ0n) is 11.0. The number of hydrogen-bond donors (Lipinski definition) is 1. The summed E-state index contributed by atoms with van der Waals surface area (Å²) in [4.78, 5) is 25.0. The quantitative estimate of drug-likeness (QED) is 0.491. The van der Waals surface area contributed by atoms with Gasteiger partial charge in [0.05, 0.1) is 0 Å². The number of amides is 1. The molecule has 2 aromatic rings. The van der Waals surface area contributed by atoms with Crippen molar-refractivity contribution in [1.82, 2.24) is 5.32 Å². The molecule has 0 bridgehead atoms. The van der Waals surface area contributed by atoms with Gasteiger partial charge in [-0.2, -0.15) is 4.79 Å². The number of fused-ring (bicyclic) bond motifs is 1. The molecule has 21 heavy (non-hydrogen) atoms. The molecule has 0 aliphatic heterocycles. The van der Waals surface area contributed by atoms with Crippen molar-refractivity contribution in [3.8, 4) is 0 Å². The Morgan fingerprint density at radius 2 is 1.95 bits per heavy atom. The van der Waals surface area contributed by atoms with Crippen molar-refractivity contribution in [3.63, 3.8) is 0 Å². The molecule has 106 valence electrons. The maximum atomic E-state index is 11.7. The molecule has 1 unspecified atom stereocenters. The van der Waals surface area contributed by atoms with Crippen molar-refractivity contribution in [2.75, 3.05) is 0 Å². The van der Waals surface area contributed by atoms with E-state index in [-0.39, 0.29) is 6.42 Å². The lowest BCUT2D eigenvalue weighted by Gasteiger charge is -2.16. The van der Waals surface area contributed by atoms with Crippen LogP contribution in [0, 0.1) is 0 Å². The van der Waals surface area contributed by atoms with Crippen LogP contribution in [0.3, 0.4) is 0 Å². The monoisotopic (exact) mass is 282 g/mol. The molecule has 0 heterocycles. The van der Waals surface area contributed by atoms with Crippen molar-refractivity contribution in [2.45, 2.75) is 12.5 Å². The average molecular weight is 282 g/mol. The topological polar surface area (TPSA) is 106 Å². The average Bonchev–Trinajstić information content (AvgIpc) is 2.46. The van der Waals surface area contributed by atoms with E-state index in [2.05, 4.69) is 4.79 Å². The summed E-state index contributed by atoms with van der Waals surface area (Å²) in [5, 5.41) is 14.7. The van der Waals surface area contributed by atoms with Gasteiger partial charge in [-0.25, -0.2) is 0 Å². The fourth-order valence-electron chi connectivity index (χ4n) is 2.11. The first-order valence-electron chi connectivity index (χ1n) is 6.26. The number of Topliss-reactive ketones (excluding diaryl/α,β-unsaturated/α-hetero) is 1. The molecular formula is C15H12N3O3-. The summed E-state index contributed by atoms with van der Waals surface area (Å²) >= 11 is 0. The summed E-state index contributed by atoms with van der Waals surface area (Å²) in [7, 11) is 0. The second kappa shape index (κ2) is 6.45. The number of nitrogens with one attached hydrogen (secondary N) is 1. The van der Waals surface area contributed by atoms with Crippen LogP contribution >= 0.6 is 0 Å². The summed E-state index contributed by atoms with van der Waals surface area (Å²) in [6.45, 7) is 0. The third-order valence-electron chi connectivity index (χ3n) is 3.07. The highest BCUT2D eigenvalue weighted by molar-refractivity contribution is 6.28. The Bertz CT molecular complexity index is 736. The molecule has 6 nitrogen and oxygen atoms in total. The van der Waals surface area contributed by atoms with Crippen LogP contribution in [-0.2, 0) is 11.2 Å². The normalized spacial score (nSPS) is 11.4. The van der Waals surface area contributed by atoms with Gasteiger partial charge in [0.2, 0.25) is 0 Å². The first-order valence-corrected chi connectivity index (χ1v) is 6.26. The van der Waals surface area contributed by atoms with Crippen molar-refractivity contribution in [2.24, 2.45) is 0 Å². The summed E-state index contributed by atoms with van der Waals surface area (Å²) in [6, 6.07) is 12.2. The Labute approximate surface area is 120 Å². The first-order chi connectivity index (χ1) is 10.1. The van der Waals surface area contributed by atoms with Crippen LogP contribution in [-0.4, -0.2) is 28.9 Å². The molecular weight excluding hydrogens is 270 g/mol. The van der Waals surface area contributed by atoms with Crippen molar-refractivity contribution in [1.29, 1.82) is 0 Å². The van der Waals surface area contributed by atoms with Crippen molar-refractivity contribution in [3.05, 3.63) is 53.6 Å². The standard InChI is InChI=1S/C15H13N3O3/c16-17-9-14(19)13(18-15(20)21)8-10-5-6-11-3-1-2-4-12(11)7-10/h1-7,9,13,18H,8H2,(H,20,21)/p-1. The minimum atomic E-state index is -1.56. The molecule has 0 spiro atoms. The maximum Gasteiger partial charge on any atom is 0.325 e. The molecule has 1 atom stereocenters. The van der Waals surface area contributed by atoms with E-state index in [9.17, 15) is 14.7 Å². The van der Waals surface area contributed by atoms with Gasteiger partial charge in [-0.05, 0) is 16.3 Å². The van der Waals surface area contributed by atoms with Gasteiger partial charge in [0, 0.05) is 6.42 Å². The molecule has 2 rings (SSSR count). The maximum absolute atomic E-state index is 11.7. The molecule has 0 saturated carbocycles. The fourth-order valence-corrected chi connectivity index (χ4v) is 2.11. The Morgan fingerprint density at radius 3 is 2.62 bits per heavy atom. The zero-order valence-corrected chi connectivity index (χ0v) is 11.0. The summed E-state index contributed by atoms with van der Waals surface area (Å²) in [5.41, 5.74) is 9.17. The van der Waals surface area contributed by atoms with Gasteiger partial charge in [0.15, 0.2) is 0 Å². The smallest absolute Gasteiger partial charge is 0.325 e. The number of ketones is 1. The SMILES string of the molecule is [N-]=[N+]=CC(=O)C(Cc1ccc2ccccc2c1)NC(=O)[O-]. The van der Waals surface area contributed by atoms with E-state index < -0.39 is 17.9 Å². The van der Waals surface area contributed by atoms with Crippen LogP contribution in [0.5, 0.6) is 0 Å².